The summed E-state index contributed by atoms with van der Waals surface area (Å²) in [7, 11) is 0. The van der Waals surface area contributed by atoms with Crippen LogP contribution in [0.25, 0.3) is 0 Å². The number of para-hydroxylation sites is 1. The molecule has 0 spiro atoms. The van der Waals surface area contributed by atoms with E-state index in [4.69, 9.17) is 11.0 Å². The molecule has 96 valence electrons. The quantitative estimate of drug-likeness (QED) is 0.663. The number of nitrogen functional groups attached to an aromatic ring is 1. The molecule has 0 aliphatic carbocycles. The molecule has 0 amide bonds. The summed E-state index contributed by atoms with van der Waals surface area (Å²) in [4.78, 5) is 0.942. The standard InChI is InChI=1S/C14H14N4S/c1-9-12(8-15)14(16)19-13(9)10(2)17-18-11-6-4-3-5-7-11/h3-7,18H,16H2,1-2H3. The lowest BCUT2D eigenvalue weighted by atomic mass is 10.1. The van der Waals surface area contributed by atoms with Gasteiger partial charge in [0.05, 0.1) is 21.8 Å². The Kier molecular flexibility index (Phi) is 3.83. The van der Waals surface area contributed by atoms with Gasteiger partial charge in [0, 0.05) is 0 Å². The molecule has 4 nitrogen and oxygen atoms in total. The molecule has 19 heavy (non-hydrogen) atoms. The van der Waals surface area contributed by atoms with Gasteiger partial charge in [-0.25, -0.2) is 0 Å². The zero-order valence-corrected chi connectivity index (χ0v) is 11.6. The fourth-order valence-electron chi connectivity index (χ4n) is 1.73. The fourth-order valence-corrected chi connectivity index (χ4v) is 2.70. The third kappa shape index (κ3) is 2.75. The maximum absolute atomic E-state index is 9.02. The molecule has 0 fully saturated rings. The van der Waals surface area contributed by atoms with Gasteiger partial charge in [-0.3, -0.25) is 5.43 Å². The molecule has 1 aromatic carbocycles. The molecule has 2 aromatic rings. The number of nitrogens with two attached hydrogens (primary N) is 1. The molecule has 0 aliphatic rings. The molecule has 3 N–H and O–H groups in total. The molecular weight excluding hydrogens is 256 g/mol. The molecule has 0 aliphatic heterocycles. The molecule has 0 unspecified atom stereocenters. The van der Waals surface area contributed by atoms with Crippen LogP contribution < -0.4 is 11.2 Å². The highest BCUT2D eigenvalue weighted by molar-refractivity contribution is 7.18. The van der Waals surface area contributed by atoms with Gasteiger partial charge in [-0.1, -0.05) is 18.2 Å². The monoisotopic (exact) mass is 270 g/mol. The first-order chi connectivity index (χ1) is 9.13. The molecule has 0 saturated heterocycles. The van der Waals surface area contributed by atoms with Crippen molar-refractivity contribution in [2.45, 2.75) is 13.8 Å². The number of hydrogen-bond acceptors (Lipinski definition) is 5. The molecule has 0 radical (unpaired) electrons. The first kappa shape index (κ1) is 13.1. The lowest BCUT2D eigenvalue weighted by molar-refractivity contribution is 1.32. The number of thiophene rings is 1. The summed E-state index contributed by atoms with van der Waals surface area (Å²) in [5.74, 6) is 0. The number of hydrazone groups is 1. The van der Waals surface area contributed by atoms with Crippen LogP contribution >= 0.6 is 11.3 Å². The molecule has 0 bridgehead atoms. The van der Waals surface area contributed by atoms with Crippen LogP contribution in [0.4, 0.5) is 10.7 Å². The van der Waals surface area contributed by atoms with Gasteiger partial charge >= 0.3 is 0 Å². The molecule has 1 heterocycles. The summed E-state index contributed by atoms with van der Waals surface area (Å²) < 4.78 is 0. The first-order valence-corrected chi connectivity index (χ1v) is 6.59. The van der Waals surface area contributed by atoms with E-state index < -0.39 is 0 Å². The van der Waals surface area contributed by atoms with Crippen molar-refractivity contribution in [3.8, 4) is 6.07 Å². The summed E-state index contributed by atoms with van der Waals surface area (Å²) >= 11 is 1.39. The first-order valence-electron chi connectivity index (χ1n) is 5.78. The predicted octanol–water partition coefficient (Wildman–Crippen LogP) is 3.35. The number of benzene rings is 1. The molecule has 5 heteroatoms. The highest BCUT2D eigenvalue weighted by atomic mass is 32.1. The summed E-state index contributed by atoms with van der Waals surface area (Å²) in [5.41, 5.74) is 12.0. The lowest BCUT2D eigenvalue weighted by Gasteiger charge is -2.02. The predicted molar refractivity (Wildman–Crippen MR) is 80.5 cm³/mol. The van der Waals surface area contributed by atoms with E-state index in [9.17, 15) is 0 Å². The maximum atomic E-state index is 9.02. The van der Waals surface area contributed by atoms with Crippen LogP contribution in [0.15, 0.2) is 35.4 Å². The normalized spacial score (nSPS) is 11.1. The van der Waals surface area contributed by atoms with Gasteiger partial charge < -0.3 is 5.73 Å². The van der Waals surface area contributed by atoms with Crippen LogP contribution in [0, 0.1) is 18.3 Å². The van der Waals surface area contributed by atoms with Gasteiger partial charge in [0.1, 0.15) is 11.1 Å². The van der Waals surface area contributed by atoms with E-state index in [0.717, 1.165) is 21.8 Å². The molecule has 0 atom stereocenters. The number of anilines is 2. The Morgan fingerprint density at radius 2 is 2.05 bits per heavy atom. The zero-order valence-electron chi connectivity index (χ0n) is 10.8. The van der Waals surface area contributed by atoms with E-state index in [1.807, 2.05) is 44.2 Å². The second kappa shape index (κ2) is 5.55. The van der Waals surface area contributed by atoms with Gasteiger partial charge in [-0.2, -0.15) is 10.4 Å². The minimum absolute atomic E-state index is 0.546. The van der Waals surface area contributed by atoms with Crippen LogP contribution in [0.3, 0.4) is 0 Å². The SMILES string of the molecule is CC(=NNc1ccccc1)c1sc(N)c(C#N)c1C. The van der Waals surface area contributed by atoms with Crippen molar-refractivity contribution in [1.82, 2.24) is 0 Å². The van der Waals surface area contributed by atoms with E-state index in [1.165, 1.54) is 11.3 Å². The maximum Gasteiger partial charge on any atom is 0.105 e. The summed E-state index contributed by atoms with van der Waals surface area (Å²) in [6, 6.07) is 11.8. The van der Waals surface area contributed by atoms with E-state index in [1.54, 1.807) is 0 Å². The van der Waals surface area contributed by atoms with Crippen molar-refractivity contribution in [2.24, 2.45) is 5.10 Å². The van der Waals surface area contributed by atoms with Crippen LogP contribution in [-0.2, 0) is 0 Å². The zero-order chi connectivity index (χ0) is 13.8. The van der Waals surface area contributed by atoms with Crippen LogP contribution in [-0.4, -0.2) is 5.71 Å². The van der Waals surface area contributed by atoms with Crippen LogP contribution in [0.1, 0.15) is 22.9 Å². The Labute approximate surface area is 116 Å². The number of nitrogens with zero attached hydrogens (tertiary/aromatic N) is 2. The van der Waals surface area contributed by atoms with Crippen molar-refractivity contribution < 1.29 is 0 Å². The van der Waals surface area contributed by atoms with E-state index in [-0.39, 0.29) is 0 Å². The van der Waals surface area contributed by atoms with E-state index in [2.05, 4.69) is 16.6 Å². The molecule has 2 rings (SSSR count). The highest BCUT2D eigenvalue weighted by Crippen LogP contribution is 2.30. The number of nitrogens with one attached hydrogen (secondary N) is 1. The second-order valence-corrected chi connectivity index (χ2v) is 5.13. The van der Waals surface area contributed by atoms with Gasteiger partial charge in [0.2, 0.25) is 0 Å². The Balaban J connectivity index is 2.25. The van der Waals surface area contributed by atoms with Crippen LogP contribution in [0.5, 0.6) is 0 Å². The number of nitriles is 1. The average molecular weight is 270 g/mol. The molecule has 0 saturated carbocycles. The third-order valence-corrected chi connectivity index (χ3v) is 3.97. The smallest absolute Gasteiger partial charge is 0.105 e. The summed E-state index contributed by atoms with van der Waals surface area (Å²) in [6.07, 6.45) is 0. The number of rotatable bonds is 3. The van der Waals surface area contributed by atoms with E-state index >= 15 is 0 Å². The van der Waals surface area contributed by atoms with Crippen molar-refractivity contribution >= 4 is 27.7 Å². The summed E-state index contributed by atoms with van der Waals surface area (Å²) in [6.45, 7) is 3.79. The van der Waals surface area contributed by atoms with E-state index in [0.29, 0.717) is 10.6 Å². The minimum Gasteiger partial charge on any atom is -0.389 e. The fraction of sp³-hybridized carbons (Fsp3) is 0.143. The third-order valence-electron chi connectivity index (χ3n) is 2.74. The van der Waals surface area contributed by atoms with Crippen molar-refractivity contribution in [3.63, 3.8) is 0 Å². The Morgan fingerprint density at radius 1 is 1.37 bits per heavy atom. The Hall–Kier alpha value is -2.32. The van der Waals surface area contributed by atoms with Crippen molar-refractivity contribution in [3.05, 3.63) is 46.3 Å². The highest BCUT2D eigenvalue weighted by Gasteiger charge is 2.14. The second-order valence-electron chi connectivity index (χ2n) is 4.08. The van der Waals surface area contributed by atoms with Crippen molar-refractivity contribution in [1.29, 1.82) is 5.26 Å². The summed E-state index contributed by atoms with van der Waals surface area (Å²) in [5, 5.41) is 13.9. The van der Waals surface area contributed by atoms with Crippen LogP contribution in [0.2, 0.25) is 0 Å². The lowest BCUT2D eigenvalue weighted by Crippen LogP contribution is -1.99. The van der Waals surface area contributed by atoms with Gasteiger partial charge in [-0.05, 0) is 31.5 Å². The number of hydrogen-bond donors (Lipinski definition) is 2. The largest absolute Gasteiger partial charge is 0.389 e. The van der Waals surface area contributed by atoms with Gasteiger partial charge in [0.25, 0.3) is 0 Å². The van der Waals surface area contributed by atoms with Gasteiger partial charge in [-0.15, -0.1) is 11.3 Å². The Morgan fingerprint density at radius 3 is 2.63 bits per heavy atom. The van der Waals surface area contributed by atoms with Gasteiger partial charge in [0.15, 0.2) is 0 Å². The average Bonchev–Trinajstić information content (AvgIpc) is 2.72. The minimum atomic E-state index is 0.546. The molecule has 1 aromatic heterocycles. The Bertz CT molecular complexity index is 650. The van der Waals surface area contributed by atoms with Crippen molar-refractivity contribution in [2.75, 3.05) is 11.2 Å². The molecular formula is C14H14N4S. The topological polar surface area (TPSA) is 74.2 Å².